The number of fused-ring (bicyclic) bond motifs is 4. The maximum atomic E-state index is 3.93. The number of hydrogen-bond acceptors (Lipinski definition) is 2. The Morgan fingerprint density at radius 2 is 1.25 bits per heavy atom. The zero-order valence-corrected chi connectivity index (χ0v) is 27.1. The number of nitrogens with one attached hydrogen (secondary N) is 2. The maximum absolute atomic E-state index is 3.93. The zero-order chi connectivity index (χ0) is 32.2. The van der Waals surface area contributed by atoms with Gasteiger partial charge in [0.15, 0.2) is 0 Å². The number of hydrogen-bond donors (Lipinski definition) is 2. The summed E-state index contributed by atoms with van der Waals surface area (Å²) in [7, 11) is 0. The molecule has 0 saturated carbocycles. The molecule has 9 rings (SSSR count). The van der Waals surface area contributed by atoms with Crippen molar-refractivity contribution in [3.05, 3.63) is 186 Å². The van der Waals surface area contributed by atoms with Crippen molar-refractivity contribution in [3.8, 4) is 22.3 Å². The highest BCUT2D eigenvalue weighted by Gasteiger charge is 2.46. The lowest BCUT2D eigenvalue weighted by molar-refractivity contribution is -0.529. The fourth-order valence-electron chi connectivity index (χ4n) is 7.73. The zero-order valence-electron chi connectivity index (χ0n) is 27.1. The third-order valence-corrected chi connectivity index (χ3v) is 10.1. The molecule has 0 fully saturated rings. The van der Waals surface area contributed by atoms with Crippen molar-refractivity contribution in [2.24, 2.45) is 0 Å². The van der Waals surface area contributed by atoms with Crippen molar-refractivity contribution in [1.82, 2.24) is 5.32 Å². The Morgan fingerprint density at radius 3 is 2.04 bits per heavy atom. The molecule has 0 spiro atoms. The second-order valence-corrected chi connectivity index (χ2v) is 13.3. The lowest BCUT2D eigenvalue weighted by atomic mass is 9.81. The minimum atomic E-state index is -0.116. The molecule has 2 N–H and O–H groups in total. The lowest BCUT2D eigenvalue weighted by Crippen LogP contribution is -2.51. The van der Waals surface area contributed by atoms with Crippen molar-refractivity contribution in [3.63, 3.8) is 0 Å². The second kappa shape index (κ2) is 11.1. The van der Waals surface area contributed by atoms with E-state index in [1.54, 1.807) is 0 Å². The molecule has 1 aliphatic heterocycles. The largest absolute Gasteiger partial charge is 0.355 e. The SMILES string of the molecule is CC1(C)c2ccccc2-c2c1cc1ccccc1c2[N+]1=C(c2ccc(-c3ccccc3)c(Nc3ccccc3)c2)NC1c1ccccc1. The van der Waals surface area contributed by atoms with E-state index in [4.69, 9.17) is 0 Å². The molecule has 3 nitrogen and oxygen atoms in total. The number of nitrogens with zero attached hydrogens (tertiary/aromatic N) is 1. The predicted molar refractivity (Wildman–Crippen MR) is 199 cm³/mol. The summed E-state index contributed by atoms with van der Waals surface area (Å²) in [4.78, 5) is 0. The van der Waals surface area contributed by atoms with Gasteiger partial charge in [-0.2, -0.15) is 4.58 Å². The quantitative estimate of drug-likeness (QED) is 0.181. The standard InChI is InChI=1S/C45H35N3/c1-45(2)38-25-15-14-24-37(38)41-39(45)28-32-20-12-13-23-36(32)42(41)48-43(31-18-8-4-9-19-31)47-44(48)33-26-27-35(30-16-6-3-7-17-30)40(29-33)46-34-21-10-5-11-22-34/h3-29,43,46H,1-2H3/p+1. The van der Waals surface area contributed by atoms with Gasteiger partial charge < -0.3 is 5.32 Å². The number of amidine groups is 1. The van der Waals surface area contributed by atoms with Crippen LogP contribution in [0.4, 0.5) is 17.1 Å². The monoisotopic (exact) mass is 618 g/mol. The summed E-state index contributed by atoms with van der Waals surface area (Å²) in [5.74, 6) is 1.10. The molecule has 0 aromatic heterocycles. The third-order valence-electron chi connectivity index (χ3n) is 10.1. The van der Waals surface area contributed by atoms with Crippen LogP contribution in [0.3, 0.4) is 0 Å². The first-order valence-corrected chi connectivity index (χ1v) is 16.7. The van der Waals surface area contributed by atoms with Gasteiger partial charge in [-0.25, -0.2) is 5.32 Å². The first-order chi connectivity index (χ1) is 23.6. The van der Waals surface area contributed by atoms with Gasteiger partial charge in [0.1, 0.15) is 5.69 Å². The highest BCUT2D eigenvalue weighted by Crippen LogP contribution is 2.55. The third kappa shape index (κ3) is 4.46. The van der Waals surface area contributed by atoms with E-state index in [-0.39, 0.29) is 11.6 Å². The highest BCUT2D eigenvalue weighted by atomic mass is 15.4. The number of benzene rings is 7. The normalized spacial score (nSPS) is 15.8. The van der Waals surface area contributed by atoms with Gasteiger partial charge in [-0.3, -0.25) is 0 Å². The molecule has 1 heterocycles. The van der Waals surface area contributed by atoms with Crippen molar-refractivity contribution in [1.29, 1.82) is 0 Å². The fourth-order valence-corrected chi connectivity index (χ4v) is 7.73. The Labute approximate surface area is 281 Å². The molecule has 7 aromatic rings. The molecule has 0 amide bonds. The average molecular weight is 619 g/mol. The molecule has 3 heteroatoms. The lowest BCUT2D eigenvalue weighted by Gasteiger charge is -2.32. The molecule has 2 aliphatic rings. The minimum Gasteiger partial charge on any atom is -0.355 e. The Kier molecular flexibility index (Phi) is 6.55. The van der Waals surface area contributed by atoms with Crippen LogP contribution in [0.25, 0.3) is 33.0 Å². The summed E-state index contributed by atoms with van der Waals surface area (Å²) in [6.07, 6.45) is -0.0219. The van der Waals surface area contributed by atoms with Crippen LogP contribution in [0.1, 0.15) is 42.3 Å². The molecule has 1 unspecified atom stereocenters. The second-order valence-electron chi connectivity index (χ2n) is 13.3. The van der Waals surface area contributed by atoms with E-state index in [0.717, 1.165) is 28.3 Å². The van der Waals surface area contributed by atoms with E-state index in [0.29, 0.717) is 0 Å². The smallest absolute Gasteiger partial charge is 0.289 e. The van der Waals surface area contributed by atoms with E-state index < -0.39 is 0 Å². The topological polar surface area (TPSA) is 27.1 Å². The van der Waals surface area contributed by atoms with E-state index in [9.17, 15) is 0 Å². The summed E-state index contributed by atoms with van der Waals surface area (Å²) in [6, 6.07) is 59.0. The highest BCUT2D eigenvalue weighted by molar-refractivity contribution is 6.07. The molecule has 48 heavy (non-hydrogen) atoms. The maximum Gasteiger partial charge on any atom is 0.289 e. The van der Waals surface area contributed by atoms with Gasteiger partial charge in [-0.15, -0.1) is 0 Å². The molecule has 1 aliphatic carbocycles. The number of para-hydroxylation sites is 1. The van der Waals surface area contributed by atoms with Gasteiger partial charge in [-0.05, 0) is 58.0 Å². The Hall–Kier alpha value is -5.93. The first-order valence-electron chi connectivity index (χ1n) is 16.7. The Balaban J connectivity index is 1.32. The van der Waals surface area contributed by atoms with E-state index in [1.165, 1.54) is 49.8 Å². The van der Waals surface area contributed by atoms with Crippen molar-refractivity contribution < 1.29 is 4.58 Å². The Morgan fingerprint density at radius 1 is 0.583 bits per heavy atom. The summed E-state index contributed by atoms with van der Waals surface area (Å²) >= 11 is 0. The van der Waals surface area contributed by atoms with Gasteiger partial charge >= 0.3 is 0 Å². The number of anilines is 2. The van der Waals surface area contributed by atoms with Gasteiger partial charge in [-0.1, -0.05) is 147 Å². The molecule has 7 aromatic carbocycles. The van der Waals surface area contributed by atoms with Gasteiger partial charge in [0.2, 0.25) is 0 Å². The first kappa shape index (κ1) is 28.3. The van der Waals surface area contributed by atoms with Crippen LogP contribution in [0.2, 0.25) is 0 Å². The van der Waals surface area contributed by atoms with E-state index in [2.05, 4.69) is 193 Å². The van der Waals surface area contributed by atoms with Crippen LogP contribution in [-0.2, 0) is 5.41 Å². The van der Waals surface area contributed by atoms with Gasteiger partial charge in [0, 0.05) is 38.9 Å². The van der Waals surface area contributed by atoms with E-state index in [1.807, 2.05) is 0 Å². The van der Waals surface area contributed by atoms with E-state index >= 15 is 0 Å². The molecular weight excluding hydrogens is 583 g/mol. The summed E-state index contributed by atoms with van der Waals surface area (Å²) in [5.41, 5.74) is 13.4. The van der Waals surface area contributed by atoms with Crippen LogP contribution in [0, 0.1) is 0 Å². The predicted octanol–water partition coefficient (Wildman–Crippen LogP) is 10.9. The summed E-state index contributed by atoms with van der Waals surface area (Å²) in [6.45, 7) is 4.74. The molecule has 230 valence electrons. The van der Waals surface area contributed by atoms with Crippen LogP contribution in [0.15, 0.2) is 164 Å². The van der Waals surface area contributed by atoms with Gasteiger partial charge in [0.25, 0.3) is 12.0 Å². The van der Waals surface area contributed by atoms with Crippen molar-refractivity contribution >= 4 is 33.7 Å². The average Bonchev–Trinajstić information content (AvgIpc) is 3.35. The number of rotatable bonds is 6. The molecule has 0 saturated heterocycles. The van der Waals surface area contributed by atoms with Crippen LogP contribution < -0.4 is 10.6 Å². The van der Waals surface area contributed by atoms with Crippen LogP contribution in [-0.4, -0.2) is 10.4 Å². The van der Waals surface area contributed by atoms with Crippen molar-refractivity contribution in [2.75, 3.05) is 5.32 Å². The molecule has 0 radical (unpaired) electrons. The Bertz CT molecular complexity index is 2360. The summed E-state index contributed by atoms with van der Waals surface area (Å²) < 4.78 is 2.55. The minimum absolute atomic E-state index is 0.0219. The fraction of sp³-hybridized carbons (Fsp3) is 0.0889. The summed E-state index contributed by atoms with van der Waals surface area (Å²) in [5, 5.41) is 10.2. The molecular formula is C45H36N3+. The van der Waals surface area contributed by atoms with Crippen molar-refractivity contribution in [2.45, 2.75) is 25.4 Å². The molecule has 0 bridgehead atoms. The van der Waals surface area contributed by atoms with Gasteiger partial charge in [0.05, 0.1) is 5.56 Å². The van der Waals surface area contributed by atoms with Crippen LogP contribution >= 0.6 is 0 Å². The molecule has 1 atom stereocenters. The van der Waals surface area contributed by atoms with Crippen LogP contribution in [0.5, 0.6) is 0 Å².